The Kier molecular flexibility index (Phi) is 5.29. The van der Waals surface area contributed by atoms with Crippen molar-refractivity contribution in [3.63, 3.8) is 0 Å². The van der Waals surface area contributed by atoms with Crippen molar-refractivity contribution in [2.24, 2.45) is 0 Å². The molecule has 0 N–H and O–H groups in total. The Bertz CT molecular complexity index is 686. The first-order chi connectivity index (χ1) is 12.7. The lowest BCUT2D eigenvalue weighted by atomic mass is 9.87. The topological polar surface area (TPSA) is 41.5 Å². The standard InChI is InChI=1S/C21H28N4O/c1-24(16-19-4-2-3-9-23-19)20-14-21(26-17-20)7-12-25(13-8-21)15-18-5-10-22-11-6-18/h2-6,9-11,20H,7-8,12-17H2,1H3. The van der Waals surface area contributed by atoms with Crippen LogP contribution in [0.3, 0.4) is 0 Å². The molecule has 0 aliphatic carbocycles. The van der Waals surface area contributed by atoms with E-state index in [4.69, 9.17) is 4.74 Å². The molecule has 0 radical (unpaired) electrons. The lowest BCUT2D eigenvalue weighted by Crippen LogP contribution is -2.44. The Morgan fingerprint density at radius 3 is 2.69 bits per heavy atom. The molecule has 2 aliphatic rings. The van der Waals surface area contributed by atoms with Gasteiger partial charge in [0.1, 0.15) is 0 Å². The van der Waals surface area contributed by atoms with Crippen LogP contribution in [-0.2, 0) is 17.8 Å². The largest absolute Gasteiger partial charge is 0.373 e. The molecule has 4 rings (SSSR count). The predicted octanol–water partition coefficient (Wildman–Crippen LogP) is 2.73. The number of likely N-dealkylation sites (tertiary alicyclic amines) is 1. The fraction of sp³-hybridized carbons (Fsp3) is 0.524. The summed E-state index contributed by atoms with van der Waals surface area (Å²) in [5, 5.41) is 0. The average Bonchev–Trinajstić information content (AvgIpc) is 3.10. The van der Waals surface area contributed by atoms with E-state index >= 15 is 0 Å². The molecule has 2 aliphatic heterocycles. The Balaban J connectivity index is 1.28. The Morgan fingerprint density at radius 1 is 1.15 bits per heavy atom. The van der Waals surface area contributed by atoms with Gasteiger partial charge in [-0.05, 0) is 56.1 Å². The maximum Gasteiger partial charge on any atom is 0.0723 e. The molecular formula is C21H28N4O. The second-order valence-electron chi connectivity index (χ2n) is 7.72. The predicted molar refractivity (Wildman–Crippen MR) is 102 cm³/mol. The monoisotopic (exact) mass is 352 g/mol. The highest BCUT2D eigenvalue weighted by Crippen LogP contribution is 2.37. The second-order valence-corrected chi connectivity index (χ2v) is 7.72. The summed E-state index contributed by atoms with van der Waals surface area (Å²) < 4.78 is 6.35. The van der Waals surface area contributed by atoms with Gasteiger partial charge in [0.25, 0.3) is 0 Å². The van der Waals surface area contributed by atoms with Crippen molar-refractivity contribution in [1.29, 1.82) is 0 Å². The van der Waals surface area contributed by atoms with E-state index in [1.165, 1.54) is 5.56 Å². The summed E-state index contributed by atoms with van der Waals surface area (Å²) in [6.45, 7) is 4.96. The number of pyridine rings is 2. The minimum atomic E-state index is 0.0811. The smallest absolute Gasteiger partial charge is 0.0723 e. The number of rotatable bonds is 5. The van der Waals surface area contributed by atoms with Crippen molar-refractivity contribution in [1.82, 2.24) is 19.8 Å². The summed E-state index contributed by atoms with van der Waals surface area (Å²) in [4.78, 5) is 13.5. The first kappa shape index (κ1) is 17.6. The van der Waals surface area contributed by atoms with E-state index in [0.29, 0.717) is 6.04 Å². The van der Waals surface area contributed by atoms with Gasteiger partial charge in [-0.1, -0.05) is 6.07 Å². The maximum atomic E-state index is 6.35. The summed E-state index contributed by atoms with van der Waals surface area (Å²) in [5.41, 5.74) is 2.55. The van der Waals surface area contributed by atoms with Gasteiger partial charge in [0.15, 0.2) is 0 Å². The summed E-state index contributed by atoms with van der Waals surface area (Å²) in [6, 6.07) is 10.8. The fourth-order valence-corrected chi connectivity index (χ4v) is 4.19. The minimum absolute atomic E-state index is 0.0811. The Hall–Kier alpha value is -1.82. The minimum Gasteiger partial charge on any atom is -0.373 e. The van der Waals surface area contributed by atoms with E-state index < -0.39 is 0 Å². The quantitative estimate of drug-likeness (QED) is 0.828. The second kappa shape index (κ2) is 7.82. The first-order valence-electron chi connectivity index (χ1n) is 9.58. The SMILES string of the molecule is CN(Cc1ccccn1)C1COC2(CCN(Cc3ccncc3)CC2)C1. The molecule has 0 aromatic carbocycles. The van der Waals surface area contributed by atoms with Crippen molar-refractivity contribution < 1.29 is 4.74 Å². The van der Waals surface area contributed by atoms with E-state index in [0.717, 1.165) is 57.7 Å². The summed E-state index contributed by atoms with van der Waals surface area (Å²) >= 11 is 0. The van der Waals surface area contributed by atoms with Crippen LogP contribution in [0.5, 0.6) is 0 Å². The lowest BCUT2D eigenvalue weighted by molar-refractivity contribution is -0.0452. The van der Waals surface area contributed by atoms with Gasteiger partial charge in [0, 0.05) is 50.8 Å². The van der Waals surface area contributed by atoms with E-state index in [9.17, 15) is 0 Å². The highest BCUT2D eigenvalue weighted by molar-refractivity contribution is 5.10. The van der Waals surface area contributed by atoms with Gasteiger partial charge in [-0.15, -0.1) is 0 Å². The molecule has 1 atom stereocenters. The number of hydrogen-bond donors (Lipinski definition) is 0. The zero-order valence-corrected chi connectivity index (χ0v) is 15.6. The van der Waals surface area contributed by atoms with Crippen LogP contribution in [0.1, 0.15) is 30.5 Å². The van der Waals surface area contributed by atoms with Crippen molar-refractivity contribution >= 4 is 0 Å². The van der Waals surface area contributed by atoms with Crippen LogP contribution < -0.4 is 0 Å². The molecule has 26 heavy (non-hydrogen) atoms. The van der Waals surface area contributed by atoms with E-state index in [-0.39, 0.29) is 5.60 Å². The van der Waals surface area contributed by atoms with Crippen molar-refractivity contribution in [2.45, 2.75) is 44.0 Å². The molecule has 2 aromatic rings. The molecule has 1 spiro atoms. The highest BCUT2D eigenvalue weighted by atomic mass is 16.5. The van der Waals surface area contributed by atoms with Gasteiger partial charge < -0.3 is 4.74 Å². The Morgan fingerprint density at radius 2 is 1.96 bits per heavy atom. The van der Waals surface area contributed by atoms with Gasteiger partial charge in [0.2, 0.25) is 0 Å². The van der Waals surface area contributed by atoms with Crippen LogP contribution in [-0.4, -0.2) is 58.2 Å². The molecule has 5 nitrogen and oxygen atoms in total. The van der Waals surface area contributed by atoms with Gasteiger partial charge in [-0.25, -0.2) is 0 Å². The number of hydrogen-bond acceptors (Lipinski definition) is 5. The normalized spacial score (nSPS) is 22.9. The third kappa shape index (κ3) is 4.11. The molecule has 138 valence electrons. The molecule has 0 bridgehead atoms. The summed E-state index contributed by atoms with van der Waals surface area (Å²) in [7, 11) is 2.19. The van der Waals surface area contributed by atoms with Gasteiger partial charge in [-0.3, -0.25) is 19.8 Å². The van der Waals surface area contributed by atoms with Gasteiger partial charge in [0.05, 0.1) is 17.9 Å². The van der Waals surface area contributed by atoms with Crippen LogP contribution in [0.4, 0.5) is 0 Å². The summed E-state index contributed by atoms with van der Waals surface area (Å²) in [6.07, 6.45) is 9.03. The molecule has 0 saturated carbocycles. The number of ether oxygens (including phenoxy) is 1. The molecule has 1 unspecified atom stereocenters. The molecular weight excluding hydrogens is 324 g/mol. The van der Waals surface area contributed by atoms with Crippen LogP contribution in [0.25, 0.3) is 0 Å². The van der Waals surface area contributed by atoms with Crippen LogP contribution >= 0.6 is 0 Å². The fourth-order valence-electron chi connectivity index (χ4n) is 4.19. The van der Waals surface area contributed by atoms with Crippen molar-refractivity contribution in [2.75, 3.05) is 26.7 Å². The molecule has 5 heteroatoms. The number of aromatic nitrogens is 2. The zero-order chi connectivity index (χ0) is 17.8. The van der Waals surface area contributed by atoms with E-state index in [1.54, 1.807) is 0 Å². The maximum absolute atomic E-state index is 6.35. The molecule has 0 amide bonds. The van der Waals surface area contributed by atoms with Crippen LogP contribution in [0.15, 0.2) is 48.9 Å². The highest BCUT2D eigenvalue weighted by Gasteiger charge is 2.43. The average molecular weight is 352 g/mol. The Labute approximate surface area is 156 Å². The first-order valence-corrected chi connectivity index (χ1v) is 9.58. The summed E-state index contributed by atoms with van der Waals surface area (Å²) in [5.74, 6) is 0. The van der Waals surface area contributed by atoms with Gasteiger partial charge >= 0.3 is 0 Å². The third-order valence-electron chi connectivity index (χ3n) is 5.87. The van der Waals surface area contributed by atoms with Crippen LogP contribution in [0.2, 0.25) is 0 Å². The number of piperidine rings is 1. The van der Waals surface area contributed by atoms with Crippen molar-refractivity contribution in [3.8, 4) is 0 Å². The van der Waals surface area contributed by atoms with Crippen molar-refractivity contribution in [3.05, 3.63) is 60.2 Å². The molecule has 2 fully saturated rings. The number of likely N-dealkylation sites (N-methyl/N-ethyl adjacent to an activating group) is 1. The number of nitrogens with zero attached hydrogens (tertiary/aromatic N) is 4. The molecule has 2 aromatic heterocycles. The molecule has 2 saturated heterocycles. The van der Waals surface area contributed by atoms with Crippen LogP contribution in [0, 0.1) is 0 Å². The zero-order valence-electron chi connectivity index (χ0n) is 15.6. The lowest BCUT2D eigenvalue weighted by Gasteiger charge is -2.39. The van der Waals surface area contributed by atoms with E-state index in [2.05, 4.69) is 51.1 Å². The van der Waals surface area contributed by atoms with Gasteiger partial charge in [-0.2, -0.15) is 0 Å². The van der Waals surface area contributed by atoms with E-state index in [1.807, 2.05) is 24.7 Å². The third-order valence-corrected chi connectivity index (χ3v) is 5.87. The molecule has 4 heterocycles.